The lowest BCUT2D eigenvalue weighted by Gasteiger charge is -2.37. The van der Waals surface area contributed by atoms with Crippen molar-refractivity contribution in [2.75, 3.05) is 24.6 Å². The number of anilines is 1. The lowest BCUT2D eigenvalue weighted by atomic mass is 10.0. The highest BCUT2D eigenvalue weighted by atomic mass is 28.4. The molecule has 0 saturated carbocycles. The standard InChI is InChI=1S/C27H33N5O4Si/c1-27(2,3)37(4,5)36-15-6-8-21-18-32(25(33)24(30-21)31-16-20(17-31)26(34)35)22-11-9-19(10-12-22)23-28-13-7-14-29-23/h6-14,18,20H,15-17H2,1-5H3,(H,34,35). The topological polar surface area (TPSA) is 110 Å². The minimum Gasteiger partial charge on any atom is -0.481 e. The molecule has 194 valence electrons. The molecule has 1 fully saturated rings. The summed E-state index contributed by atoms with van der Waals surface area (Å²) in [5.41, 5.74) is 1.78. The summed E-state index contributed by atoms with van der Waals surface area (Å²) in [6, 6.07) is 9.16. The molecule has 10 heteroatoms. The molecule has 1 aliphatic heterocycles. The molecular formula is C27H33N5O4Si. The second-order valence-corrected chi connectivity index (χ2v) is 15.5. The van der Waals surface area contributed by atoms with Gasteiger partial charge in [0.05, 0.1) is 18.2 Å². The molecule has 37 heavy (non-hydrogen) atoms. The van der Waals surface area contributed by atoms with Gasteiger partial charge in [-0.1, -0.05) is 26.8 Å². The maximum absolute atomic E-state index is 13.4. The minimum atomic E-state index is -1.89. The third-order valence-electron chi connectivity index (χ3n) is 7.04. The molecular weight excluding hydrogens is 486 g/mol. The zero-order valence-electron chi connectivity index (χ0n) is 21.9. The van der Waals surface area contributed by atoms with Gasteiger partial charge in [-0.05, 0) is 54.5 Å². The molecule has 0 spiro atoms. The molecule has 1 N–H and O–H groups in total. The molecule has 1 saturated heterocycles. The fourth-order valence-corrected chi connectivity index (χ4v) is 4.59. The quantitative estimate of drug-likeness (QED) is 0.440. The first-order valence-corrected chi connectivity index (χ1v) is 15.2. The highest BCUT2D eigenvalue weighted by Gasteiger charge is 2.37. The number of aromatic nitrogens is 4. The van der Waals surface area contributed by atoms with Crippen LogP contribution < -0.4 is 10.5 Å². The molecule has 0 unspecified atom stereocenters. The predicted octanol–water partition coefficient (Wildman–Crippen LogP) is 4.25. The van der Waals surface area contributed by atoms with Crippen LogP contribution in [0, 0.1) is 5.92 Å². The second kappa shape index (κ2) is 10.4. The number of carboxylic acids is 1. The second-order valence-electron chi connectivity index (χ2n) is 10.7. The lowest BCUT2D eigenvalue weighted by Crippen LogP contribution is -2.53. The first-order valence-electron chi connectivity index (χ1n) is 12.3. The van der Waals surface area contributed by atoms with Crippen molar-refractivity contribution >= 4 is 26.2 Å². The van der Waals surface area contributed by atoms with E-state index >= 15 is 0 Å². The summed E-state index contributed by atoms with van der Waals surface area (Å²) >= 11 is 0. The number of carboxylic acid groups (broad SMARTS) is 1. The number of aliphatic carboxylic acids is 1. The van der Waals surface area contributed by atoms with Gasteiger partial charge in [-0.3, -0.25) is 14.2 Å². The van der Waals surface area contributed by atoms with Gasteiger partial charge in [0.25, 0.3) is 5.56 Å². The van der Waals surface area contributed by atoms with Gasteiger partial charge < -0.3 is 14.4 Å². The molecule has 4 rings (SSSR count). The Morgan fingerprint density at radius 1 is 1.16 bits per heavy atom. The van der Waals surface area contributed by atoms with Gasteiger partial charge in [0.15, 0.2) is 20.0 Å². The fraction of sp³-hybridized carbons (Fsp3) is 0.370. The number of rotatable bonds is 8. The van der Waals surface area contributed by atoms with Crippen LogP contribution in [-0.4, -0.2) is 58.6 Å². The fourth-order valence-electron chi connectivity index (χ4n) is 3.64. The Morgan fingerprint density at radius 3 is 2.41 bits per heavy atom. The number of hydrogen-bond acceptors (Lipinski definition) is 7. The SMILES string of the molecule is CC(C)(C)[Si](C)(C)OCC=Cc1cn(-c2ccc(-c3ncccn3)cc2)c(=O)c(N2CC(C(=O)O)C2)n1. The van der Waals surface area contributed by atoms with Gasteiger partial charge in [0, 0.05) is 42.9 Å². The summed E-state index contributed by atoms with van der Waals surface area (Å²) in [5.74, 6) is -0.533. The molecule has 0 atom stereocenters. The van der Waals surface area contributed by atoms with E-state index < -0.39 is 20.2 Å². The Balaban J connectivity index is 1.63. The highest BCUT2D eigenvalue weighted by molar-refractivity contribution is 6.74. The number of hydrogen-bond donors (Lipinski definition) is 1. The van der Waals surface area contributed by atoms with Crippen LogP contribution in [0.15, 0.2) is 59.8 Å². The third-order valence-corrected chi connectivity index (χ3v) is 11.5. The van der Waals surface area contributed by atoms with Crippen LogP contribution in [0.4, 0.5) is 5.82 Å². The summed E-state index contributed by atoms with van der Waals surface area (Å²) in [5, 5.41) is 9.38. The molecule has 0 bridgehead atoms. The minimum absolute atomic E-state index is 0.106. The van der Waals surface area contributed by atoms with E-state index in [1.807, 2.05) is 36.4 Å². The summed E-state index contributed by atoms with van der Waals surface area (Å²) < 4.78 is 7.77. The van der Waals surface area contributed by atoms with Gasteiger partial charge in [-0.15, -0.1) is 0 Å². The highest BCUT2D eigenvalue weighted by Crippen LogP contribution is 2.36. The monoisotopic (exact) mass is 519 g/mol. The zero-order chi connectivity index (χ0) is 26.8. The van der Waals surface area contributed by atoms with E-state index in [0.29, 0.717) is 23.8 Å². The first-order chi connectivity index (χ1) is 17.5. The zero-order valence-corrected chi connectivity index (χ0v) is 22.9. The number of nitrogens with zero attached hydrogens (tertiary/aromatic N) is 5. The maximum atomic E-state index is 13.4. The molecule has 9 nitrogen and oxygen atoms in total. The van der Waals surface area contributed by atoms with Crippen molar-refractivity contribution < 1.29 is 14.3 Å². The van der Waals surface area contributed by atoms with E-state index in [4.69, 9.17) is 4.43 Å². The van der Waals surface area contributed by atoms with Crippen molar-refractivity contribution in [3.8, 4) is 17.1 Å². The van der Waals surface area contributed by atoms with E-state index in [1.165, 1.54) is 0 Å². The van der Waals surface area contributed by atoms with E-state index in [2.05, 4.69) is 48.8 Å². The van der Waals surface area contributed by atoms with Crippen LogP contribution in [0.1, 0.15) is 26.5 Å². The molecule has 1 aliphatic rings. The van der Waals surface area contributed by atoms with Crippen molar-refractivity contribution in [1.82, 2.24) is 19.5 Å². The molecule has 2 aromatic heterocycles. The van der Waals surface area contributed by atoms with Crippen molar-refractivity contribution in [3.05, 3.63) is 71.0 Å². The van der Waals surface area contributed by atoms with Crippen LogP contribution >= 0.6 is 0 Å². The molecule has 1 aromatic carbocycles. The van der Waals surface area contributed by atoms with Gasteiger partial charge in [-0.2, -0.15) is 0 Å². The Bertz CT molecular complexity index is 1340. The van der Waals surface area contributed by atoms with Crippen LogP contribution in [0.3, 0.4) is 0 Å². The average Bonchev–Trinajstić information content (AvgIpc) is 2.82. The summed E-state index contributed by atoms with van der Waals surface area (Å²) in [6.07, 6.45) is 8.80. The normalized spacial score (nSPS) is 14.7. The smallest absolute Gasteiger partial charge is 0.310 e. The molecule has 3 heterocycles. The van der Waals surface area contributed by atoms with Gasteiger partial charge >= 0.3 is 5.97 Å². The van der Waals surface area contributed by atoms with Crippen LogP contribution in [0.25, 0.3) is 23.2 Å². The summed E-state index contributed by atoms with van der Waals surface area (Å²) in [7, 11) is -1.89. The predicted molar refractivity (Wildman–Crippen MR) is 146 cm³/mol. The van der Waals surface area contributed by atoms with Crippen molar-refractivity contribution in [2.24, 2.45) is 5.92 Å². The van der Waals surface area contributed by atoms with Crippen molar-refractivity contribution in [1.29, 1.82) is 0 Å². The summed E-state index contributed by atoms with van der Waals surface area (Å²) in [4.78, 5) is 39.5. The average molecular weight is 520 g/mol. The Hall–Kier alpha value is -3.63. The third kappa shape index (κ3) is 5.86. The van der Waals surface area contributed by atoms with Gasteiger partial charge in [-0.25, -0.2) is 15.0 Å². The van der Waals surface area contributed by atoms with Gasteiger partial charge in [0.2, 0.25) is 0 Å². The Morgan fingerprint density at radius 2 is 1.81 bits per heavy atom. The number of carbonyl (C=O) groups is 1. The molecule has 3 aromatic rings. The maximum Gasteiger partial charge on any atom is 0.310 e. The van der Waals surface area contributed by atoms with E-state index in [-0.39, 0.29) is 29.5 Å². The summed E-state index contributed by atoms with van der Waals surface area (Å²) in [6.45, 7) is 11.9. The van der Waals surface area contributed by atoms with Crippen molar-refractivity contribution in [3.63, 3.8) is 0 Å². The molecule has 0 aliphatic carbocycles. The van der Waals surface area contributed by atoms with E-state index in [9.17, 15) is 14.7 Å². The lowest BCUT2D eigenvalue weighted by molar-refractivity contribution is -0.142. The van der Waals surface area contributed by atoms with Crippen LogP contribution in [0.5, 0.6) is 0 Å². The van der Waals surface area contributed by atoms with E-state index in [1.54, 1.807) is 34.1 Å². The first kappa shape index (κ1) is 26.4. The van der Waals surface area contributed by atoms with Crippen LogP contribution in [-0.2, 0) is 9.22 Å². The van der Waals surface area contributed by atoms with Crippen LogP contribution in [0.2, 0.25) is 18.1 Å². The van der Waals surface area contributed by atoms with E-state index in [0.717, 1.165) is 5.56 Å². The van der Waals surface area contributed by atoms with Crippen molar-refractivity contribution in [2.45, 2.75) is 38.9 Å². The largest absolute Gasteiger partial charge is 0.481 e. The Labute approximate surface area is 217 Å². The molecule has 0 amide bonds. The van der Waals surface area contributed by atoms with Gasteiger partial charge in [0.1, 0.15) is 0 Å². The Kier molecular flexibility index (Phi) is 7.42. The molecule has 0 radical (unpaired) electrons. The number of benzene rings is 1.